The fraction of sp³-hybridized carbons (Fsp3) is 0.286. The van der Waals surface area contributed by atoms with E-state index in [1.165, 1.54) is 6.07 Å². The average molecular weight is 274 g/mol. The third kappa shape index (κ3) is 2.55. The van der Waals surface area contributed by atoms with E-state index in [4.69, 9.17) is 0 Å². The summed E-state index contributed by atoms with van der Waals surface area (Å²) >= 11 is 0. The Kier molecular flexibility index (Phi) is 3.47. The van der Waals surface area contributed by atoms with Gasteiger partial charge in [0.25, 0.3) is 0 Å². The number of H-pyrrole nitrogens is 1. The Hall–Kier alpha value is -2.21. The summed E-state index contributed by atoms with van der Waals surface area (Å²) < 4.78 is 13.6. The van der Waals surface area contributed by atoms with Gasteiger partial charge in [-0.3, -0.25) is 9.89 Å². The topological polar surface area (TPSA) is 69.8 Å². The number of amides is 1. The molecule has 1 aromatic carbocycles. The monoisotopic (exact) mass is 274 g/mol. The van der Waals surface area contributed by atoms with Crippen LogP contribution in [0.15, 0.2) is 30.3 Å². The number of nitrogens with zero attached hydrogens (tertiary/aromatic N) is 1. The van der Waals surface area contributed by atoms with E-state index in [9.17, 15) is 9.18 Å². The number of halogens is 1. The van der Waals surface area contributed by atoms with Crippen molar-refractivity contribution in [2.75, 3.05) is 18.4 Å². The number of aromatic amines is 1. The summed E-state index contributed by atoms with van der Waals surface area (Å²) in [7, 11) is 0. The van der Waals surface area contributed by atoms with Crippen LogP contribution < -0.4 is 10.6 Å². The quantitative estimate of drug-likeness (QED) is 0.799. The first kappa shape index (κ1) is 12.8. The second-order valence-corrected chi connectivity index (χ2v) is 4.83. The molecule has 0 radical (unpaired) electrons. The van der Waals surface area contributed by atoms with Gasteiger partial charge in [-0.25, -0.2) is 4.39 Å². The zero-order chi connectivity index (χ0) is 13.9. The van der Waals surface area contributed by atoms with E-state index in [0.717, 1.165) is 13.0 Å². The third-order valence-corrected chi connectivity index (χ3v) is 3.42. The Bertz CT molecular complexity index is 619. The fourth-order valence-corrected chi connectivity index (χ4v) is 2.31. The van der Waals surface area contributed by atoms with Crippen molar-refractivity contribution in [3.63, 3.8) is 0 Å². The zero-order valence-electron chi connectivity index (χ0n) is 10.8. The predicted octanol–water partition coefficient (Wildman–Crippen LogP) is 1.76. The van der Waals surface area contributed by atoms with Crippen LogP contribution in [0.1, 0.15) is 6.42 Å². The second kappa shape index (κ2) is 5.42. The molecule has 0 saturated carbocycles. The van der Waals surface area contributed by atoms with Crippen molar-refractivity contribution in [2.45, 2.75) is 6.42 Å². The summed E-state index contributed by atoms with van der Waals surface area (Å²) in [6, 6.07) is 8.07. The molecule has 1 atom stereocenters. The molecule has 1 aliphatic heterocycles. The standard InChI is InChI=1S/C14H15FN4O/c15-11-4-2-1-3-10(11)12-7-13(19-18-12)17-14(20)9-5-6-16-8-9/h1-4,7,9,16H,5-6,8H2,(H2,17,18,19,20)/t9-/m0/s1. The molecule has 0 spiro atoms. The van der Waals surface area contributed by atoms with E-state index in [0.29, 0.717) is 23.6 Å². The van der Waals surface area contributed by atoms with E-state index in [-0.39, 0.29) is 17.6 Å². The molecule has 0 unspecified atom stereocenters. The molecule has 0 bridgehead atoms. The number of carbonyl (C=O) groups is 1. The normalized spacial score (nSPS) is 18.1. The molecule has 5 nitrogen and oxygen atoms in total. The number of nitrogens with one attached hydrogen (secondary N) is 3. The molecule has 2 heterocycles. The van der Waals surface area contributed by atoms with Crippen molar-refractivity contribution >= 4 is 11.7 Å². The Morgan fingerprint density at radius 2 is 2.25 bits per heavy atom. The average Bonchev–Trinajstić information content (AvgIpc) is 3.10. The van der Waals surface area contributed by atoms with Crippen molar-refractivity contribution in [1.82, 2.24) is 15.5 Å². The first-order valence-electron chi connectivity index (χ1n) is 6.56. The van der Waals surface area contributed by atoms with Gasteiger partial charge >= 0.3 is 0 Å². The van der Waals surface area contributed by atoms with Crippen molar-refractivity contribution in [3.8, 4) is 11.3 Å². The molecule has 1 amide bonds. The van der Waals surface area contributed by atoms with Crippen LogP contribution in [0, 0.1) is 11.7 Å². The highest BCUT2D eigenvalue weighted by atomic mass is 19.1. The molecule has 3 rings (SSSR count). The number of hydrogen-bond acceptors (Lipinski definition) is 3. The third-order valence-electron chi connectivity index (χ3n) is 3.42. The molecule has 6 heteroatoms. The van der Waals surface area contributed by atoms with Crippen LogP contribution >= 0.6 is 0 Å². The zero-order valence-corrected chi connectivity index (χ0v) is 10.8. The molecular weight excluding hydrogens is 259 g/mol. The summed E-state index contributed by atoms with van der Waals surface area (Å²) in [5, 5.41) is 12.6. The Balaban J connectivity index is 1.74. The summed E-state index contributed by atoms with van der Waals surface area (Å²) in [6.45, 7) is 1.55. The van der Waals surface area contributed by atoms with Crippen LogP contribution in [0.4, 0.5) is 10.2 Å². The minimum Gasteiger partial charge on any atom is -0.316 e. The lowest BCUT2D eigenvalue weighted by Crippen LogP contribution is -2.24. The van der Waals surface area contributed by atoms with E-state index in [1.54, 1.807) is 24.3 Å². The Labute approximate surface area is 115 Å². The van der Waals surface area contributed by atoms with Gasteiger partial charge in [-0.1, -0.05) is 12.1 Å². The van der Waals surface area contributed by atoms with Gasteiger partial charge in [0.05, 0.1) is 11.6 Å². The van der Waals surface area contributed by atoms with Gasteiger partial charge in [-0.05, 0) is 25.1 Å². The van der Waals surface area contributed by atoms with Crippen LogP contribution in [0.3, 0.4) is 0 Å². The summed E-state index contributed by atoms with van der Waals surface area (Å²) in [6.07, 6.45) is 0.830. The highest BCUT2D eigenvalue weighted by molar-refractivity contribution is 5.92. The van der Waals surface area contributed by atoms with Crippen molar-refractivity contribution < 1.29 is 9.18 Å². The highest BCUT2D eigenvalue weighted by Gasteiger charge is 2.23. The van der Waals surface area contributed by atoms with E-state index < -0.39 is 0 Å². The number of rotatable bonds is 3. The maximum Gasteiger partial charge on any atom is 0.230 e. The highest BCUT2D eigenvalue weighted by Crippen LogP contribution is 2.23. The maximum atomic E-state index is 13.6. The lowest BCUT2D eigenvalue weighted by atomic mass is 10.1. The van der Waals surface area contributed by atoms with Crippen LogP contribution in [0.2, 0.25) is 0 Å². The second-order valence-electron chi connectivity index (χ2n) is 4.83. The smallest absolute Gasteiger partial charge is 0.230 e. The first-order valence-corrected chi connectivity index (χ1v) is 6.56. The summed E-state index contributed by atoms with van der Waals surface area (Å²) in [5.41, 5.74) is 0.978. The van der Waals surface area contributed by atoms with Gasteiger partial charge in [0.2, 0.25) is 5.91 Å². The molecule has 1 aliphatic rings. The Morgan fingerprint density at radius 3 is 3.00 bits per heavy atom. The van der Waals surface area contributed by atoms with Gasteiger partial charge in [-0.15, -0.1) is 0 Å². The molecular formula is C14H15FN4O. The number of aromatic nitrogens is 2. The van der Waals surface area contributed by atoms with Gasteiger partial charge in [0.15, 0.2) is 5.82 Å². The van der Waals surface area contributed by atoms with E-state index >= 15 is 0 Å². The van der Waals surface area contributed by atoms with Crippen molar-refractivity contribution in [2.24, 2.45) is 5.92 Å². The van der Waals surface area contributed by atoms with E-state index in [1.807, 2.05) is 0 Å². The number of hydrogen-bond donors (Lipinski definition) is 3. The van der Waals surface area contributed by atoms with Gasteiger partial charge in [0.1, 0.15) is 5.82 Å². The van der Waals surface area contributed by atoms with Crippen LogP contribution in [-0.2, 0) is 4.79 Å². The predicted molar refractivity (Wildman–Crippen MR) is 73.6 cm³/mol. The molecule has 1 saturated heterocycles. The number of carbonyl (C=O) groups excluding carboxylic acids is 1. The number of anilines is 1. The first-order chi connectivity index (χ1) is 9.74. The van der Waals surface area contributed by atoms with Gasteiger partial charge in [-0.2, -0.15) is 5.10 Å². The largest absolute Gasteiger partial charge is 0.316 e. The molecule has 1 aromatic heterocycles. The molecule has 1 fully saturated rings. The summed E-state index contributed by atoms with van der Waals surface area (Å²) in [4.78, 5) is 11.9. The lowest BCUT2D eigenvalue weighted by molar-refractivity contribution is -0.119. The van der Waals surface area contributed by atoms with Crippen LogP contribution in [0.5, 0.6) is 0 Å². The SMILES string of the molecule is O=C(Nc1cc(-c2ccccc2F)[nH]n1)[C@H]1CCNC1. The minimum absolute atomic E-state index is 0.0244. The van der Waals surface area contributed by atoms with Crippen molar-refractivity contribution in [1.29, 1.82) is 0 Å². The molecule has 2 aromatic rings. The van der Waals surface area contributed by atoms with Crippen LogP contribution in [-0.4, -0.2) is 29.2 Å². The summed E-state index contributed by atoms with van der Waals surface area (Å²) in [5.74, 6) is 0.0133. The minimum atomic E-state index is -0.325. The lowest BCUT2D eigenvalue weighted by Gasteiger charge is -2.06. The van der Waals surface area contributed by atoms with Crippen LogP contribution in [0.25, 0.3) is 11.3 Å². The molecule has 20 heavy (non-hydrogen) atoms. The van der Waals surface area contributed by atoms with Gasteiger partial charge in [0, 0.05) is 18.2 Å². The molecule has 0 aliphatic carbocycles. The maximum absolute atomic E-state index is 13.6. The van der Waals surface area contributed by atoms with Gasteiger partial charge < -0.3 is 10.6 Å². The molecule has 104 valence electrons. The fourth-order valence-electron chi connectivity index (χ4n) is 2.31. The Morgan fingerprint density at radius 1 is 1.40 bits per heavy atom. The molecule has 3 N–H and O–H groups in total. The number of benzene rings is 1. The van der Waals surface area contributed by atoms with Crippen molar-refractivity contribution in [3.05, 3.63) is 36.1 Å². The van der Waals surface area contributed by atoms with E-state index in [2.05, 4.69) is 20.8 Å².